The zero-order chi connectivity index (χ0) is 7.44. The summed E-state index contributed by atoms with van der Waals surface area (Å²) in [5, 5.41) is 9.39. The number of hydrogen-bond donors (Lipinski definition) is 1. The first kappa shape index (κ1) is 11.8. The van der Waals surface area contributed by atoms with Crippen molar-refractivity contribution in [2.45, 2.75) is 0 Å². The first-order chi connectivity index (χ1) is 4.04. The first-order valence-corrected chi connectivity index (χ1v) is 3.32. The van der Waals surface area contributed by atoms with Gasteiger partial charge in [0.05, 0.1) is 0 Å². The predicted octanol–water partition coefficient (Wildman–Crippen LogP) is -2.12. The number of carbonyl (C=O) groups excluding carboxylic acids is 2. The zero-order valence-corrected chi connectivity index (χ0v) is 6.29. The third kappa shape index (κ3) is 5.23. The maximum atomic E-state index is 9.71. The smallest absolute Gasteiger partial charge is 0.369 e. The second-order valence-corrected chi connectivity index (χ2v) is 1.87. The van der Waals surface area contributed by atoms with E-state index in [4.69, 9.17) is 0 Å². The van der Waals surface area contributed by atoms with E-state index >= 15 is 0 Å². The second-order valence-electron chi connectivity index (χ2n) is 0.890. The van der Waals surface area contributed by atoms with Crippen LogP contribution >= 0.6 is 0 Å². The summed E-state index contributed by atoms with van der Waals surface area (Å²) in [4.78, 5) is 19.1. The minimum Gasteiger partial charge on any atom is -0.369 e. The van der Waals surface area contributed by atoms with Gasteiger partial charge >= 0.3 is 53.0 Å². The van der Waals surface area contributed by atoms with E-state index in [9.17, 15) is 22.0 Å². The van der Waals surface area contributed by atoms with E-state index in [-0.39, 0.29) is 6.15 Å². The Bertz CT molecular complexity index is 198. The van der Waals surface area contributed by atoms with Crippen LogP contribution in [0.5, 0.6) is 0 Å². The van der Waals surface area contributed by atoms with Crippen molar-refractivity contribution in [3.8, 4) is 0 Å². The van der Waals surface area contributed by atoms with Crippen molar-refractivity contribution in [2.24, 2.45) is 0 Å². The molecule has 8 heteroatoms. The predicted molar refractivity (Wildman–Crippen MR) is 18.5 cm³/mol. The maximum absolute atomic E-state index is 9.71. The summed E-state index contributed by atoms with van der Waals surface area (Å²) < 4.78 is 22.2. The van der Waals surface area contributed by atoms with Gasteiger partial charge in [0.1, 0.15) is 0 Å². The van der Waals surface area contributed by atoms with Gasteiger partial charge in [-0.3, -0.25) is 0 Å². The van der Waals surface area contributed by atoms with Crippen molar-refractivity contribution in [1.82, 2.24) is 6.15 Å². The third-order valence-electron chi connectivity index (χ3n) is 0.324. The van der Waals surface area contributed by atoms with Crippen LogP contribution in [-0.2, 0) is 36.0 Å². The van der Waals surface area contributed by atoms with Crippen LogP contribution in [0.25, 0.3) is 0 Å². The van der Waals surface area contributed by atoms with Gasteiger partial charge in [-0.25, -0.2) is 0 Å². The molecule has 0 atom stereocenters. The van der Waals surface area contributed by atoms with E-state index in [0.717, 1.165) is 0 Å². The Labute approximate surface area is 59.9 Å². The van der Waals surface area contributed by atoms with E-state index < -0.39 is 27.3 Å². The van der Waals surface area contributed by atoms with Crippen LogP contribution in [0.3, 0.4) is 0 Å². The molecule has 0 fully saturated rings. The van der Waals surface area contributed by atoms with E-state index in [1.165, 1.54) is 0 Å². The molecule has 4 N–H and O–H groups in total. The monoisotopic (exact) mass is 189 g/mol. The molecule has 0 aromatic heterocycles. The molecule has 0 aliphatic carbocycles. The molecule has 0 aromatic carbocycles. The summed E-state index contributed by atoms with van der Waals surface area (Å²) in [5.74, 6) is -4.04. The van der Waals surface area contributed by atoms with Gasteiger partial charge in [-0.15, -0.1) is 0 Å². The number of carboxylic acids is 1. The third-order valence-corrected chi connectivity index (χ3v) is 0.816. The molecule has 0 heterocycles. The van der Waals surface area contributed by atoms with Gasteiger partial charge in [-0.2, -0.15) is 0 Å². The number of rotatable bonds is 1. The summed E-state index contributed by atoms with van der Waals surface area (Å²) in [6.45, 7) is 0. The molecular formula is C2H4NO6V. The van der Waals surface area contributed by atoms with Crippen LogP contribution in [0.2, 0.25) is 0 Å². The van der Waals surface area contributed by atoms with Crippen molar-refractivity contribution in [1.29, 1.82) is 0 Å². The molecule has 0 bridgehead atoms. The topological polar surface area (TPSA) is 137 Å². The first-order valence-electron chi connectivity index (χ1n) is 1.61. The Morgan fingerprint density at radius 1 is 1.30 bits per heavy atom. The van der Waals surface area contributed by atoms with E-state index in [1.807, 2.05) is 0 Å². The fourth-order valence-electron chi connectivity index (χ4n) is 0.105. The number of carboxylic acid groups (broad SMARTS) is 1. The fraction of sp³-hybridized carbons (Fsp3) is 0. The average molecular weight is 189 g/mol. The van der Waals surface area contributed by atoms with Crippen LogP contribution < -0.4 is 11.3 Å². The van der Waals surface area contributed by atoms with Crippen molar-refractivity contribution in [2.75, 3.05) is 0 Å². The molecule has 0 amide bonds. The molecule has 0 aliphatic heterocycles. The molecule has 7 nitrogen and oxygen atoms in total. The van der Waals surface area contributed by atoms with Crippen LogP contribution in [0.15, 0.2) is 0 Å². The Hall–Kier alpha value is -0.916. The van der Waals surface area contributed by atoms with Gasteiger partial charge in [0.15, 0.2) is 0 Å². The SMILES string of the molecule is O=C([O-])C(=O)[O][V](=[O])=[O].[NH4+]. The molecular weight excluding hydrogens is 185 g/mol. The molecule has 0 saturated heterocycles. The van der Waals surface area contributed by atoms with Crippen LogP contribution in [0.1, 0.15) is 0 Å². The minimum absolute atomic E-state index is 0. The summed E-state index contributed by atoms with van der Waals surface area (Å²) in [6.07, 6.45) is 0. The molecule has 0 saturated carbocycles. The molecule has 0 spiro atoms. The summed E-state index contributed by atoms with van der Waals surface area (Å²) in [7, 11) is 0. The van der Waals surface area contributed by atoms with Crippen LogP contribution in [-0.4, -0.2) is 11.9 Å². The van der Waals surface area contributed by atoms with E-state index in [0.29, 0.717) is 0 Å². The minimum atomic E-state index is -4.11. The largest absolute Gasteiger partial charge is 0.369 e. The fourth-order valence-corrected chi connectivity index (χ4v) is 0.433. The Balaban J connectivity index is 0. The molecule has 10 heavy (non-hydrogen) atoms. The Morgan fingerprint density at radius 2 is 1.70 bits per heavy atom. The Kier molecular flexibility index (Phi) is 5.82. The van der Waals surface area contributed by atoms with Gasteiger partial charge in [0.2, 0.25) is 0 Å². The van der Waals surface area contributed by atoms with Gasteiger partial charge in [-0.1, -0.05) is 0 Å². The van der Waals surface area contributed by atoms with Crippen LogP contribution in [0, 0.1) is 0 Å². The van der Waals surface area contributed by atoms with Crippen molar-refractivity contribution < 1.29 is 41.1 Å². The van der Waals surface area contributed by atoms with E-state index in [1.54, 1.807) is 0 Å². The zero-order valence-electron chi connectivity index (χ0n) is 4.90. The molecule has 0 aromatic rings. The normalized spacial score (nSPS) is 7.20. The Morgan fingerprint density at radius 3 is 1.80 bits per heavy atom. The second kappa shape index (κ2) is 4.92. The number of carbonyl (C=O) groups is 2. The van der Waals surface area contributed by atoms with Crippen molar-refractivity contribution >= 4 is 11.9 Å². The van der Waals surface area contributed by atoms with Crippen molar-refractivity contribution in [3.63, 3.8) is 0 Å². The maximum Gasteiger partial charge on any atom is -0.369 e. The molecule has 0 radical (unpaired) electrons. The molecule has 0 unspecified atom stereocenters. The van der Waals surface area contributed by atoms with Crippen molar-refractivity contribution in [3.05, 3.63) is 0 Å². The average Bonchev–Trinajstić information content (AvgIpc) is 1.63. The standard InChI is InChI=1S/C2H2O4.H3N.2O.V/c3-1(4)2(5)6;;;;/h(H,3,4)(H,5,6);1H3;;;/q;;;;+1/p-1. The van der Waals surface area contributed by atoms with Crippen LogP contribution in [0.4, 0.5) is 0 Å². The van der Waals surface area contributed by atoms with Gasteiger partial charge in [0, 0.05) is 0 Å². The molecule has 0 rings (SSSR count). The van der Waals surface area contributed by atoms with Gasteiger partial charge < -0.3 is 6.15 Å². The number of aliphatic carboxylic acids is 1. The number of quaternary nitrogens is 1. The molecule has 0 aliphatic rings. The number of hydrogen-bond acceptors (Lipinski definition) is 6. The van der Waals surface area contributed by atoms with Gasteiger partial charge in [0.25, 0.3) is 0 Å². The van der Waals surface area contributed by atoms with E-state index in [2.05, 4.69) is 3.66 Å². The van der Waals surface area contributed by atoms with Gasteiger partial charge in [-0.05, 0) is 0 Å². The summed E-state index contributed by atoms with van der Waals surface area (Å²) in [5.41, 5.74) is 0. The quantitative estimate of drug-likeness (QED) is 0.468. The molecule has 58 valence electrons. The summed E-state index contributed by atoms with van der Waals surface area (Å²) in [6, 6.07) is 0. The summed E-state index contributed by atoms with van der Waals surface area (Å²) >= 11 is -4.11.